The fraction of sp³-hybridized carbons (Fsp3) is 0.450. The first kappa shape index (κ1) is 19.1. The van der Waals surface area contributed by atoms with Crippen LogP contribution in [0.5, 0.6) is 0 Å². The monoisotopic (exact) mass is 374 g/mol. The van der Waals surface area contributed by atoms with E-state index < -0.39 is 42.3 Å². The largest absolute Gasteiger partial charge is 0.479 e. The zero-order chi connectivity index (χ0) is 19.9. The average molecular weight is 374 g/mol. The zero-order valence-electron chi connectivity index (χ0n) is 15.5. The van der Waals surface area contributed by atoms with Crippen LogP contribution < -0.4 is 0 Å². The molecule has 1 N–H and O–H groups in total. The molecule has 0 radical (unpaired) electrons. The van der Waals surface area contributed by atoms with E-state index in [2.05, 4.69) is 6.58 Å². The number of rotatable bonds is 3. The summed E-state index contributed by atoms with van der Waals surface area (Å²) in [6.45, 7) is 8.29. The number of allylic oxidation sites excluding steroid dienone is 1. The van der Waals surface area contributed by atoms with Gasteiger partial charge < -0.3 is 19.3 Å². The molecule has 4 atom stereocenters. The summed E-state index contributed by atoms with van der Waals surface area (Å²) in [7, 11) is 0. The summed E-state index contributed by atoms with van der Waals surface area (Å²) in [5.41, 5.74) is -0.362. The average Bonchev–Trinajstić information content (AvgIpc) is 3.07. The number of hydrogen-bond donors (Lipinski definition) is 1. The molecule has 27 heavy (non-hydrogen) atoms. The van der Waals surface area contributed by atoms with Gasteiger partial charge in [0.25, 0.3) is 0 Å². The molecule has 3 rings (SSSR count). The van der Waals surface area contributed by atoms with Crippen molar-refractivity contribution in [3.05, 3.63) is 47.3 Å². The van der Waals surface area contributed by atoms with Gasteiger partial charge in [-0.15, -0.1) is 0 Å². The van der Waals surface area contributed by atoms with Crippen molar-refractivity contribution in [3.63, 3.8) is 0 Å². The molecule has 144 valence electrons. The smallest absolute Gasteiger partial charge is 0.334 e. The summed E-state index contributed by atoms with van der Waals surface area (Å²) < 4.78 is 16.8. The predicted octanol–water partition coefficient (Wildman–Crippen LogP) is 1.53. The molecule has 0 aromatic carbocycles. The summed E-state index contributed by atoms with van der Waals surface area (Å²) in [5.74, 6) is -1.88. The second-order valence-electron chi connectivity index (χ2n) is 7.10. The molecule has 1 saturated heterocycles. The third kappa shape index (κ3) is 3.23. The van der Waals surface area contributed by atoms with Gasteiger partial charge in [0.2, 0.25) is 5.78 Å². The van der Waals surface area contributed by atoms with Crippen LogP contribution in [0.2, 0.25) is 0 Å². The topological polar surface area (TPSA) is 99.1 Å². The highest BCUT2D eigenvalue weighted by Gasteiger charge is 2.52. The SMILES string of the molecule is C=C1C(=O)O[C@H]2C[C@@]3(C)OC(=CC3=O)/C(CO)=C\[C@@H](OC(=O)/C(C)=C\C)[C@H]12. The van der Waals surface area contributed by atoms with Crippen molar-refractivity contribution in [1.82, 2.24) is 0 Å². The molecule has 0 amide bonds. The van der Waals surface area contributed by atoms with Crippen LogP contribution in [0.15, 0.2) is 47.3 Å². The van der Waals surface area contributed by atoms with Crippen LogP contribution in [0, 0.1) is 5.92 Å². The van der Waals surface area contributed by atoms with Gasteiger partial charge in [-0.05, 0) is 26.8 Å². The Labute approximate surface area is 157 Å². The molecule has 0 unspecified atom stereocenters. The van der Waals surface area contributed by atoms with Crippen LogP contribution in [0.25, 0.3) is 0 Å². The van der Waals surface area contributed by atoms with E-state index in [1.165, 1.54) is 12.2 Å². The summed E-state index contributed by atoms with van der Waals surface area (Å²) in [6, 6.07) is 0. The van der Waals surface area contributed by atoms with Gasteiger partial charge in [0.05, 0.1) is 12.5 Å². The number of fused-ring (bicyclic) bond motifs is 3. The Balaban J connectivity index is 2.09. The van der Waals surface area contributed by atoms with Gasteiger partial charge in [-0.2, -0.15) is 0 Å². The van der Waals surface area contributed by atoms with E-state index in [-0.39, 0.29) is 23.5 Å². The maximum Gasteiger partial charge on any atom is 0.334 e. The number of esters is 2. The van der Waals surface area contributed by atoms with Crippen molar-refractivity contribution in [2.75, 3.05) is 6.61 Å². The van der Waals surface area contributed by atoms with Crippen molar-refractivity contribution in [2.45, 2.75) is 45.0 Å². The van der Waals surface area contributed by atoms with Crippen molar-refractivity contribution < 1.29 is 33.7 Å². The lowest BCUT2D eigenvalue weighted by Gasteiger charge is -2.29. The first-order chi connectivity index (χ1) is 12.7. The molecule has 3 aliphatic rings. The number of ether oxygens (including phenoxy) is 3. The number of carbonyl (C=O) groups excluding carboxylic acids is 3. The van der Waals surface area contributed by atoms with E-state index in [0.29, 0.717) is 11.1 Å². The van der Waals surface area contributed by atoms with E-state index in [9.17, 15) is 19.5 Å². The lowest BCUT2D eigenvalue weighted by molar-refractivity contribution is -0.148. The minimum absolute atomic E-state index is 0.0878. The Morgan fingerprint density at radius 3 is 2.81 bits per heavy atom. The predicted molar refractivity (Wildman–Crippen MR) is 94.2 cm³/mol. The lowest BCUT2D eigenvalue weighted by Crippen LogP contribution is -2.41. The summed E-state index contributed by atoms with van der Waals surface area (Å²) in [5, 5.41) is 9.78. The van der Waals surface area contributed by atoms with Gasteiger partial charge in [0.15, 0.2) is 5.60 Å². The molecular weight excluding hydrogens is 352 g/mol. The van der Waals surface area contributed by atoms with E-state index in [4.69, 9.17) is 14.2 Å². The quantitative estimate of drug-likeness (QED) is 0.591. The third-order valence-electron chi connectivity index (χ3n) is 5.24. The maximum atomic E-state index is 12.4. The molecular formula is C20H22O7. The van der Waals surface area contributed by atoms with Gasteiger partial charge in [0.1, 0.15) is 18.0 Å². The standard InChI is InChI=1S/C20H22O7/c1-5-10(2)18(23)25-14-6-12(9-21)13-7-16(22)20(4,27-13)8-15-17(14)11(3)19(24)26-15/h5-7,14-15,17,21H,3,8-9H2,1-2,4H3/b10-5-,12-6-/t14-,15+,17+,20-/m1/s1. The summed E-state index contributed by atoms with van der Waals surface area (Å²) in [4.78, 5) is 36.9. The highest BCUT2D eigenvalue weighted by atomic mass is 16.6. The van der Waals surface area contributed by atoms with Crippen molar-refractivity contribution in [1.29, 1.82) is 0 Å². The minimum atomic E-state index is -1.23. The van der Waals surface area contributed by atoms with E-state index in [1.54, 1.807) is 26.8 Å². The molecule has 7 heteroatoms. The fourth-order valence-corrected chi connectivity index (χ4v) is 3.46. The van der Waals surface area contributed by atoms with Crippen LogP contribution in [-0.4, -0.2) is 47.2 Å². The third-order valence-corrected chi connectivity index (χ3v) is 5.24. The highest BCUT2D eigenvalue weighted by molar-refractivity contribution is 6.00. The van der Waals surface area contributed by atoms with Crippen LogP contribution in [0.3, 0.4) is 0 Å². The van der Waals surface area contributed by atoms with E-state index in [0.717, 1.165) is 0 Å². The lowest BCUT2D eigenvalue weighted by atomic mass is 9.83. The van der Waals surface area contributed by atoms with Gasteiger partial charge >= 0.3 is 11.9 Å². The molecule has 2 bridgehead atoms. The number of carbonyl (C=O) groups is 3. The number of ketones is 1. The van der Waals surface area contributed by atoms with Gasteiger partial charge in [0, 0.05) is 29.2 Å². The van der Waals surface area contributed by atoms with Crippen LogP contribution in [0.1, 0.15) is 27.2 Å². The van der Waals surface area contributed by atoms with Crippen LogP contribution >= 0.6 is 0 Å². The van der Waals surface area contributed by atoms with Crippen LogP contribution in [0.4, 0.5) is 0 Å². The Hall–Kier alpha value is -2.67. The van der Waals surface area contributed by atoms with Crippen LogP contribution in [-0.2, 0) is 28.6 Å². The molecule has 0 aromatic heterocycles. The Morgan fingerprint density at radius 2 is 2.19 bits per heavy atom. The second-order valence-corrected chi connectivity index (χ2v) is 7.10. The van der Waals surface area contributed by atoms with Crippen molar-refractivity contribution >= 4 is 17.7 Å². The van der Waals surface area contributed by atoms with E-state index >= 15 is 0 Å². The summed E-state index contributed by atoms with van der Waals surface area (Å²) >= 11 is 0. The second kappa shape index (κ2) is 6.81. The Morgan fingerprint density at radius 1 is 1.48 bits per heavy atom. The minimum Gasteiger partial charge on any atom is -0.479 e. The van der Waals surface area contributed by atoms with Crippen molar-refractivity contribution in [3.8, 4) is 0 Å². The first-order valence-corrected chi connectivity index (χ1v) is 8.71. The zero-order valence-corrected chi connectivity index (χ0v) is 15.5. The van der Waals surface area contributed by atoms with Crippen molar-refractivity contribution in [2.24, 2.45) is 5.92 Å². The molecule has 7 nitrogen and oxygen atoms in total. The summed E-state index contributed by atoms with van der Waals surface area (Å²) in [6.07, 6.45) is 2.87. The Kier molecular flexibility index (Phi) is 4.82. The number of aliphatic hydroxyl groups is 1. The fourth-order valence-electron chi connectivity index (χ4n) is 3.46. The maximum absolute atomic E-state index is 12.4. The van der Waals surface area contributed by atoms with Gasteiger partial charge in [-0.25, -0.2) is 9.59 Å². The highest BCUT2D eigenvalue weighted by Crippen LogP contribution is 2.42. The molecule has 0 aliphatic carbocycles. The molecule has 0 spiro atoms. The molecule has 0 saturated carbocycles. The molecule has 1 fully saturated rings. The number of hydrogen-bond acceptors (Lipinski definition) is 7. The molecule has 3 aliphatic heterocycles. The molecule has 0 aromatic rings. The number of aliphatic hydroxyl groups excluding tert-OH is 1. The van der Waals surface area contributed by atoms with E-state index in [1.807, 2.05) is 0 Å². The molecule has 3 heterocycles. The Bertz CT molecular complexity index is 816. The van der Waals surface area contributed by atoms with Gasteiger partial charge in [-0.3, -0.25) is 4.79 Å². The van der Waals surface area contributed by atoms with Gasteiger partial charge in [-0.1, -0.05) is 12.7 Å². The normalized spacial score (nSPS) is 35.0. The first-order valence-electron chi connectivity index (χ1n) is 8.71.